The van der Waals surface area contributed by atoms with Gasteiger partial charge in [-0.05, 0) is 69.1 Å². The first kappa shape index (κ1) is 29.2. The second-order valence-electron chi connectivity index (χ2n) is 13.5. The van der Waals surface area contributed by atoms with Crippen LogP contribution in [0.1, 0.15) is 0 Å². The molecule has 0 atom stereocenters. The number of hydrogen-bond donors (Lipinski definition) is 0. The molecule has 8 aromatic carbocycles. The van der Waals surface area contributed by atoms with E-state index in [0.29, 0.717) is 0 Å². The van der Waals surface area contributed by atoms with E-state index in [0.717, 1.165) is 33.8 Å². The second-order valence-corrected chi connectivity index (χ2v) is 14.5. The van der Waals surface area contributed by atoms with E-state index in [1.807, 2.05) is 11.3 Å². The van der Waals surface area contributed by atoms with Crippen LogP contribution < -0.4 is 0 Å². The number of hydrogen-bond acceptors (Lipinski definition) is 2. The van der Waals surface area contributed by atoms with Crippen molar-refractivity contribution in [3.63, 3.8) is 0 Å². The first-order valence-corrected chi connectivity index (χ1v) is 18.5. The van der Waals surface area contributed by atoms with Gasteiger partial charge < -0.3 is 4.57 Å². The summed E-state index contributed by atoms with van der Waals surface area (Å²) in [6.07, 6.45) is 0. The van der Waals surface area contributed by atoms with Crippen LogP contribution in [0.25, 0.3) is 103 Å². The minimum absolute atomic E-state index is 0.951. The van der Waals surface area contributed by atoms with E-state index in [2.05, 4.69) is 187 Å². The maximum atomic E-state index is 5.29. The van der Waals surface area contributed by atoms with Gasteiger partial charge in [0.05, 0.1) is 27.1 Å². The van der Waals surface area contributed by atoms with Crippen LogP contribution in [0, 0.1) is 0 Å². The van der Waals surface area contributed by atoms with Gasteiger partial charge in [-0.15, -0.1) is 11.3 Å². The molecule has 52 heavy (non-hydrogen) atoms. The van der Waals surface area contributed by atoms with Gasteiger partial charge in [-0.25, -0.2) is 4.98 Å². The van der Waals surface area contributed by atoms with Gasteiger partial charge in [0.15, 0.2) is 0 Å². The van der Waals surface area contributed by atoms with E-state index in [4.69, 9.17) is 4.98 Å². The molecule has 0 fully saturated rings. The number of aromatic nitrogens is 2. The predicted molar refractivity (Wildman–Crippen MR) is 223 cm³/mol. The Labute approximate surface area is 304 Å². The fourth-order valence-electron chi connectivity index (χ4n) is 8.24. The Hall–Kier alpha value is -6.55. The third-order valence-corrected chi connectivity index (χ3v) is 11.7. The van der Waals surface area contributed by atoms with Crippen molar-refractivity contribution in [2.75, 3.05) is 0 Å². The lowest BCUT2D eigenvalue weighted by molar-refractivity contribution is 1.19. The summed E-state index contributed by atoms with van der Waals surface area (Å²) >= 11 is 1.91. The van der Waals surface area contributed by atoms with Crippen molar-refractivity contribution in [3.05, 3.63) is 182 Å². The van der Waals surface area contributed by atoms with Gasteiger partial charge in [0.2, 0.25) is 0 Å². The maximum Gasteiger partial charge on any atom is 0.0726 e. The molecule has 0 amide bonds. The van der Waals surface area contributed by atoms with Crippen molar-refractivity contribution in [1.29, 1.82) is 0 Å². The molecule has 0 N–H and O–H groups in total. The zero-order valence-corrected chi connectivity index (χ0v) is 28.9. The SMILES string of the molecule is c1ccc(-c2cc(-c3ccccc3)nc(-c3cccc(-n4c5ccccc5c5c6ccc7ccccc7c6c6c7ccccc7sc6c54)c3)c2)cc1. The van der Waals surface area contributed by atoms with Crippen molar-refractivity contribution in [2.45, 2.75) is 0 Å². The predicted octanol–water partition coefficient (Wildman–Crippen LogP) is 13.9. The molecular formula is C49H30N2S. The fraction of sp³-hybridized carbons (Fsp3) is 0. The van der Waals surface area contributed by atoms with Crippen molar-refractivity contribution in [2.24, 2.45) is 0 Å². The molecule has 0 saturated heterocycles. The molecule has 3 heterocycles. The third-order valence-electron chi connectivity index (χ3n) is 10.5. The molecule has 0 aliphatic heterocycles. The molecule has 0 bridgehead atoms. The second kappa shape index (κ2) is 11.5. The molecule has 0 aliphatic carbocycles. The van der Waals surface area contributed by atoms with Gasteiger partial charge in [-0.2, -0.15) is 0 Å². The highest BCUT2D eigenvalue weighted by Crippen LogP contribution is 2.49. The van der Waals surface area contributed by atoms with E-state index in [1.165, 1.54) is 69.1 Å². The molecule has 0 spiro atoms. The summed E-state index contributed by atoms with van der Waals surface area (Å²) in [5.41, 5.74) is 10.0. The highest BCUT2D eigenvalue weighted by Gasteiger charge is 2.23. The van der Waals surface area contributed by atoms with E-state index in [9.17, 15) is 0 Å². The van der Waals surface area contributed by atoms with Crippen LogP contribution in [0.4, 0.5) is 0 Å². The molecule has 0 radical (unpaired) electrons. The number of thiophene rings is 1. The third kappa shape index (κ3) is 4.40. The quantitative estimate of drug-likeness (QED) is 0.169. The normalized spacial score (nSPS) is 11.8. The van der Waals surface area contributed by atoms with Crippen molar-refractivity contribution in [1.82, 2.24) is 9.55 Å². The Bertz CT molecular complexity index is 3110. The summed E-state index contributed by atoms with van der Waals surface area (Å²) in [6, 6.07) is 65.8. The molecule has 2 nitrogen and oxygen atoms in total. The van der Waals surface area contributed by atoms with Crippen LogP contribution in [0.5, 0.6) is 0 Å². The van der Waals surface area contributed by atoms with Gasteiger partial charge in [0.25, 0.3) is 0 Å². The van der Waals surface area contributed by atoms with Crippen molar-refractivity contribution in [3.8, 4) is 39.3 Å². The largest absolute Gasteiger partial charge is 0.308 e. The standard InChI is InChI=1S/C49H30N2S/c1-3-14-31(15-4-1)35-29-41(33-17-5-2-6-18-33)50-42(30-35)34-19-13-20-36(28-34)51-43-24-11-9-22-38(43)46-40-27-26-32-16-7-8-21-37(32)45(40)47-39-23-10-12-25-44(39)52-49(47)48(46)51/h1-30H. The summed E-state index contributed by atoms with van der Waals surface area (Å²) in [5, 5.41) is 10.4. The lowest BCUT2D eigenvalue weighted by Gasteiger charge is -2.14. The minimum atomic E-state index is 0.951. The van der Waals surface area contributed by atoms with Crippen LogP contribution in [-0.2, 0) is 0 Å². The summed E-state index contributed by atoms with van der Waals surface area (Å²) in [4.78, 5) is 5.29. The summed E-state index contributed by atoms with van der Waals surface area (Å²) in [6.45, 7) is 0. The Morgan fingerprint density at radius 2 is 1.06 bits per heavy atom. The average molecular weight is 679 g/mol. The molecular weight excluding hydrogens is 649 g/mol. The molecule has 11 rings (SSSR count). The number of para-hydroxylation sites is 1. The van der Waals surface area contributed by atoms with Gasteiger partial charge >= 0.3 is 0 Å². The van der Waals surface area contributed by atoms with Crippen LogP contribution in [-0.4, -0.2) is 9.55 Å². The summed E-state index contributed by atoms with van der Waals surface area (Å²) in [7, 11) is 0. The maximum absolute atomic E-state index is 5.29. The number of fused-ring (bicyclic) bond motifs is 12. The van der Waals surface area contributed by atoms with Crippen molar-refractivity contribution < 1.29 is 0 Å². The molecule has 0 saturated carbocycles. The zero-order chi connectivity index (χ0) is 34.2. The molecule has 11 aromatic rings. The molecule has 0 unspecified atom stereocenters. The number of pyridine rings is 1. The Morgan fingerprint density at radius 1 is 0.404 bits per heavy atom. The van der Waals surface area contributed by atoms with E-state index in [1.54, 1.807) is 0 Å². The van der Waals surface area contributed by atoms with Crippen LogP contribution in [0.2, 0.25) is 0 Å². The Morgan fingerprint density at radius 3 is 1.88 bits per heavy atom. The Balaban J connectivity index is 1.23. The van der Waals surface area contributed by atoms with Gasteiger partial charge in [-0.3, -0.25) is 0 Å². The highest BCUT2D eigenvalue weighted by atomic mass is 32.1. The lowest BCUT2D eigenvalue weighted by Crippen LogP contribution is -1.96. The topological polar surface area (TPSA) is 17.8 Å². The molecule has 0 aliphatic rings. The number of nitrogens with zero attached hydrogens (tertiary/aromatic N) is 2. The number of benzene rings is 8. The summed E-state index contributed by atoms with van der Waals surface area (Å²) < 4.78 is 5.12. The van der Waals surface area contributed by atoms with Crippen LogP contribution in [0.3, 0.4) is 0 Å². The first-order valence-electron chi connectivity index (χ1n) is 17.7. The average Bonchev–Trinajstić information content (AvgIpc) is 3.78. The summed E-state index contributed by atoms with van der Waals surface area (Å²) in [5.74, 6) is 0. The van der Waals surface area contributed by atoms with Gasteiger partial charge in [0.1, 0.15) is 0 Å². The lowest BCUT2D eigenvalue weighted by atomic mass is 9.94. The van der Waals surface area contributed by atoms with E-state index in [-0.39, 0.29) is 0 Å². The van der Waals surface area contributed by atoms with E-state index < -0.39 is 0 Å². The monoisotopic (exact) mass is 678 g/mol. The minimum Gasteiger partial charge on any atom is -0.308 e. The highest BCUT2D eigenvalue weighted by molar-refractivity contribution is 7.27. The van der Waals surface area contributed by atoms with Crippen LogP contribution >= 0.6 is 11.3 Å². The van der Waals surface area contributed by atoms with E-state index >= 15 is 0 Å². The zero-order valence-electron chi connectivity index (χ0n) is 28.1. The molecule has 3 heteroatoms. The molecule has 3 aromatic heterocycles. The fourth-order valence-corrected chi connectivity index (χ4v) is 9.49. The molecule has 242 valence electrons. The Kier molecular flexibility index (Phi) is 6.46. The van der Waals surface area contributed by atoms with Crippen molar-refractivity contribution >= 4 is 74.9 Å². The first-order chi connectivity index (χ1) is 25.8. The van der Waals surface area contributed by atoms with Gasteiger partial charge in [-0.1, -0.05) is 146 Å². The number of rotatable bonds is 4. The smallest absolute Gasteiger partial charge is 0.0726 e. The van der Waals surface area contributed by atoms with Gasteiger partial charge in [0, 0.05) is 43.1 Å². The van der Waals surface area contributed by atoms with Crippen LogP contribution in [0.15, 0.2) is 182 Å².